The first-order valence-corrected chi connectivity index (χ1v) is 8.83. The number of hydrogen-bond acceptors (Lipinski definition) is 3. The summed E-state index contributed by atoms with van der Waals surface area (Å²) in [6.07, 6.45) is 0.808. The number of hydrogen-bond donors (Lipinski definition) is 1. The van der Waals surface area contributed by atoms with Gasteiger partial charge in [0, 0.05) is 4.90 Å². The highest BCUT2D eigenvalue weighted by Crippen LogP contribution is 2.37. The van der Waals surface area contributed by atoms with Crippen molar-refractivity contribution in [1.82, 2.24) is 5.32 Å². The Kier molecular flexibility index (Phi) is 4.91. The second-order valence-corrected chi connectivity index (χ2v) is 6.90. The lowest BCUT2D eigenvalue weighted by atomic mass is 10.1. The highest BCUT2D eigenvalue weighted by atomic mass is 32.2. The molecule has 120 valence electrons. The smallest absolute Gasteiger partial charge is 0.234 e. The monoisotopic (exact) mass is 327 g/mol. The van der Waals surface area contributed by atoms with E-state index in [9.17, 15) is 4.79 Å². The van der Waals surface area contributed by atoms with Crippen molar-refractivity contribution >= 4 is 17.7 Å². The van der Waals surface area contributed by atoms with Crippen LogP contribution >= 0.6 is 11.8 Å². The van der Waals surface area contributed by atoms with Gasteiger partial charge in [-0.2, -0.15) is 0 Å². The molecule has 0 saturated heterocycles. The summed E-state index contributed by atoms with van der Waals surface area (Å²) >= 11 is 1.66. The fourth-order valence-corrected chi connectivity index (χ4v) is 3.94. The fraction of sp³-hybridized carbons (Fsp3) is 0.316. The molecule has 2 atom stereocenters. The zero-order valence-electron chi connectivity index (χ0n) is 13.4. The number of carbonyl (C=O) groups is 1. The van der Waals surface area contributed by atoms with E-state index in [0.29, 0.717) is 6.61 Å². The fourth-order valence-electron chi connectivity index (χ4n) is 2.74. The van der Waals surface area contributed by atoms with E-state index in [1.165, 1.54) is 10.5 Å². The number of nitrogens with one attached hydrogen (secondary N) is 1. The van der Waals surface area contributed by atoms with Crippen molar-refractivity contribution in [3.63, 3.8) is 0 Å². The van der Waals surface area contributed by atoms with Gasteiger partial charge in [0.1, 0.15) is 5.75 Å². The van der Waals surface area contributed by atoms with Gasteiger partial charge in [0.15, 0.2) is 0 Å². The molecular formula is C19H21NO2S. The van der Waals surface area contributed by atoms with Gasteiger partial charge in [-0.3, -0.25) is 4.79 Å². The van der Waals surface area contributed by atoms with Crippen LogP contribution in [0.15, 0.2) is 53.4 Å². The van der Waals surface area contributed by atoms with E-state index in [-0.39, 0.29) is 17.2 Å². The van der Waals surface area contributed by atoms with Crippen molar-refractivity contribution < 1.29 is 9.53 Å². The molecule has 2 aromatic carbocycles. The number of amides is 1. The van der Waals surface area contributed by atoms with Crippen LogP contribution in [0.3, 0.4) is 0 Å². The van der Waals surface area contributed by atoms with Gasteiger partial charge in [0.2, 0.25) is 5.91 Å². The summed E-state index contributed by atoms with van der Waals surface area (Å²) in [5.41, 5.74) is 2.36. The van der Waals surface area contributed by atoms with Gasteiger partial charge in [0.05, 0.1) is 17.9 Å². The quantitative estimate of drug-likeness (QED) is 0.903. The Balaban J connectivity index is 1.60. The molecular weight excluding hydrogens is 306 g/mol. The molecule has 3 nitrogen and oxygen atoms in total. The molecule has 2 aromatic rings. The number of ether oxygens (including phenoxy) is 1. The Bertz CT molecular complexity index is 659. The van der Waals surface area contributed by atoms with Crippen molar-refractivity contribution in [2.75, 3.05) is 6.61 Å². The summed E-state index contributed by atoms with van der Waals surface area (Å²) in [6.45, 7) is 4.64. The predicted molar refractivity (Wildman–Crippen MR) is 94.0 cm³/mol. The lowest BCUT2D eigenvalue weighted by Crippen LogP contribution is -2.34. The molecule has 0 fully saturated rings. The third-order valence-electron chi connectivity index (χ3n) is 3.99. The van der Waals surface area contributed by atoms with Crippen LogP contribution < -0.4 is 10.1 Å². The van der Waals surface area contributed by atoms with Crippen LogP contribution in [0.4, 0.5) is 0 Å². The number of rotatable bonds is 5. The van der Waals surface area contributed by atoms with Crippen LogP contribution in [0.1, 0.15) is 31.0 Å². The van der Waals surface area contributed by atoms with E-state index in [0.717, 1.165) is 17.7 Å². The van der Waals surface area contributed by atoms with Crippen LogP contribution in [0.2, 0.25) is 0 Å². The van der Waals surface area contributed by atoms with Gasteiger partial charge in [0.25, 0.3) is 0 Å². The van der Waals surface area contributed by atoms with Gasteiger partial charge in [-0.05, 0) is 49.6 Å². The summed E-state index contributed by atoms with van der Waals surface area (Å²) in [5.74, 6) is 0.962. The van der Waals surface area contributed by atoms with Gasteiger partial charge in [-0.15, -0.1) is 11.8 Å². The molecule has 0 aromatic heterocycles. The average molecular weight is 327 g/mol. The standard InChI is InChI=1S/C19H21NO2S/c1-3-22-16-10-8-14(9-11-16)13(2)20-19(21)18-12-15-6-4-5-7-17(15)23-18/h4-11,13,18H,3,12H2,1-2H3,(H,20,21)/t13-,18+/m1/s1. The van der Waals surface area contributed by atoms with Crippen LogP contribution in [0.5, 0.6) is 5.75 Å². The molecule has 3 rings (SSSR count). The highest BCUT2D eigenvalue weighted by molar-refractivity contribution is 8.01. The molecule has 4 heteroatoms. The first-order valence-electron chi connectivity index (χ1n) is 7.95. The van der Waals surface area contributed by atoms with Crippen molar-refractivity contribution in [3.8, 4) is 5.75 Å². The molecule has 0 spiro atoms. The predicted octanol–water partition coefficient (Wildman–Crippen LogP) is 3.98. The van der Waals surface area contributed by atoms with Gasteiger partial charge < -0.3 is 10.1 Å². The number of thioether (sulfide) groups is 1. The Hall–Kier alpha value is -1.94. The topological polar surface area (TPSA) is 38.3 Å². The maximum Gasteiger partial charge on any atom is 0.234 e. The summed E-state index contributed by atoms with van der Waals surface area (Å²) in [6, 6.07) is 16.1. The van der Waals surface area contributed by atoms with Crippen LogP contribution in [-0.2, 0) is 11.2 Å². The minimum Gasteiger partial charge on any atom is -0.494 e. The molecule has 0 saturated carbocycles. The molecule has 1 aliphatic heterocycles. The number of benzene rings is 2. The molecule has 1 N–H and O–H groups in total. The van der Waals surface area contributed by atoms with Crippen molar-refractivity contribution in [3.05, 3.63) is 59.7 Å². The molecule has 0 aliphatic carbocycles. The lowest BCUT2D eigenvalue weighted by molar-refractivity contribution is -0.121. The van der Waals surface area contributed by atoms with Gasteiger partial charge in [-0.25, -0.2) is 0 Å². The summed E-state index contributed by atoms with van der Waals surface area (Å²) in [5, 5.41) is 3.09. The van der Waals surface area contributed by atoms with E-state index in [1.54, 1.807) is 11.8 Å². The largest absolute Gasteiger partial charge is 0.494 e. The molecule has 0 radical (unpaired) electrons. The third kappa shape index (κ3) is 3.70. The molecule has 1 aliphatic rings. The van der Waals surface area contributed by atoms with Crippen LogP contribution in [0, 0.1) is 0 Å². The first-order chi connectivity index (χ1) is 11.2. The second-order valence-electron chi connectivity index (χ2n) is 5.65. The molecule has 23 heavy (non-hydrogen) atoms. The third-order valence-corrected chi connectivity index (χ3v) is 5.31. The molecule has 0 bridgehead atoms. The number of fused-ring (bicyclic) bond motifs is 1. The zero-order valence-corrected chi connectivity index (χ0v) is 14.2. The van der Waals surface area contributed by atoms with Crippen molar-refractivity contribution in [2.24, 2.45) is 0 Å². The summed E-state index contributed by atoms with van der Waals surface area (Å²) in [4.78, 5) is 13.7. The maximum absolute atomic E-state index is 12.5. The summed E-state index contributed by atoms with van der Waals surface area (Å²) < 4.78 is 5.45. The lowest BCUT2D eigenvalue weighted by Gasteiger charge is -2.17. The van der Waals surface area contributed by atoms with Crippen LogP contribution in [0.25, 0.3) is 0 Å². The van der Waals surface area contributed by atoms with E-state index in [4.69, 9.17) is 4.74 Å². The minimum atomic E-state index is -0.0300. The zero-order chi connectivity index (χ0) is 16.2. The molecule has 0 unspecified atom stereocenters. The Labute approximate surface area is 141 Å². The minimum absolute atomic E-state index is 0.0116. The molecule has 1 amide bonds. The normalized spacial score (nSPS) is 17.4. The second kappa shape index (κ2) is 7.09. The number of carbonyl (C=O) groups excluding carboxylic acids is 1. The van der Waals surface area contributed by atoms with Crippen molar-refractivity contribution in [1.29, 1.82) is 0 Å². The van der Waals surface area contributed by atoms with E-state index >= 15 is 0 Å². The molecule has 1 heterocycles. The van der Waals surface area contributed by atoms with Crippen LogP contribution in [-0.4, -0.2) is 17.8 Å². The van der Waals surface area contributed by atoms with E-state index in [2.05, 4.69) is 17.4 Å². The Morgan fingerprint density at radius 1 is 1.26 bits per heavy atom. The van der Waals surface area contributed by atoms with E-state index in [1.807, 2.05) is 50.2 Å². The Morgan fingerprint density at radius 3 is 2.70 bits per heavy atom. The Morgan fingerprint density at radius 2 is 2.00 bits per heavy atom. The average Bonchev–Trinajstić information content (AvgIpc) is 3.00. The highest BCUT2D eigenvalue weighted by Gasteiger charge is 2.28. The maximum atomic E-state index is 12.5. The first kappa shape index (κ1) is 15.9. The SMILES string of the molecule is CCOc1ccc([C@@H](C)NC(=O)[C@@H]2Cc3ccccc3S2)cc1. The van der Waals surface area contributed by atoms with Crippen molar-refractivity contribution in [2.45, 2.75) is 36.5 Å². The van der Waals surface area contributed by atoms with E-state index < -0.39 is 0 Å². The summed E-state index contributed by atoms with van der Waals surface area (Å²) in [7, 11) is 0. The van der Waals surface area contributed by atoms with Gasteiger partial charge in [-0.1, -0.05) is 30.3 Å². The van der Waals surface area contributed by atoms with Gasteiger partial charge >= 0.3 is 0 Å².